The Bertz CT molecular complexity index is 714. The summed E-state index contributed by atoms with van der Waals surface area (Å²) in [4.78, 5) is 40.0. The fourth-order valence-electron chi connectivity index (χ4n) is 1.75. The van der Waals surface area contributed by atoms with E-state index in [0.29, 0.717) is 6.42 Å². The fourth-order valence-corrected chi connectivity index (χ4v) is 1.75. The van der Waals surface area contributed by atoms with E-state index in [4.69, 9.17) is 5.84 Å². The molecule has 10 nitrogen and oxygen atoms in total. The summed E-state index contributed by atoms with van der Waals surface area (Å²) in [5.41, 5.74) is -1.32. The predicted octanol–water partition coefficient (Wildman–Crippen LogP) is -0.611. The van der Waals surface area contributed by atoms with Crippen molar-refractivity contribution in [3.05, 3.63) is 32.6 Å². The van der Waals surface area contributed by atoms with E-state index in [0.717, 1.165) is 11.0 Å². The zero-order valence-electron chi connectivity index (χ0n) is 12.7. The first-order valence-electron chi connectivity index (χ1n) is 6.65. The van der Waals surface area contributed by atoms with Crippen molar-refractivity contribution in [3.8, 4) is 0 Å². The van der Waals surface area contributed by atoms with Gasteiger partial charge in [-0.2, -0.15) is 0 Å². The molecule has 120 valence electrons. The summed E-state index contributed by atoms with van der Waals surface area (Å²) in [7, 11) is 2.85. The average molecular weight is 309 g/mol. The monoisotopic (exact) mass is 309 g/mol. The van der Waals surface area contributed by atoms with Crippen LogP contribution < -0.4 is 22.4 Å². The highest BCUT2D eigenvalue weighted by Gasteiger charge is 2.17. The first kappa shape index (κ1) is 17.3. The molecule has 1 heterocycles. The molecule has 0 aromatic carbocycles. The van der Waals surface area contributed by atoms with Crippen molar-refractivity contribution in [2.45, 2.75) is 26.3 Å². The van der Waals surface area contributed by atoms with Crippen LogP contribution in [0.2, 0.25) is 0 Å². The second-order valence-corrected chi connectivity index (χ2v) is 4.46. The van der Waals surface area contributed by atoms with Crippen LogP contribution in [0.5, 0.6) is 0 Å². The minimum absolute atomic E-state index is 0.138. The first-order chi connectivity index (χ1) is 10.5. The van der Waals surface area contributed by atoms with Gasteiger partial charge < -0.3 is 10.4 Å². The van der Waals surface area contributed by atoms with Gasteiger partial charge in [0.1, 0.15) is 5.56 Å². The summed E-state index contributed by atoms with van der Waals surface area (Å²) in [6, 6.07) is 0. The molecule has 0 unspecified atom stereocenters. The van der Waals surface area contributed by atoms with Gasteiger partial charge in [0.05, 0.1) is 0 Å². The second-order valence-electron chi connectivity index (χ2n) is 4.46. The molecular weight excluding hydrogens is 290 g/mol. The van der Waals surface area contributed by atoms with Crippen LogP contribution in [-0.2, 0) is 13.6 Å². The lowest BCUT2D eigenvalue weighted by Crippen LogP contribution is -2.44. The third kappa shape index (κ3) is 3.87. The number of aromatic nitrogens is 2. The molecule has 1 amide bonds. The van der Waals surface area contributed by atoms with E-state index < -0.39 is 17.2 Å². The van der Waals surface area contributed by atoms with Crippen molar-refractivity contribution in [1.29, 1.82) is 0 Å². The lowest BCUT2D eigenvalue weighted by molar-refractivity contribution is 0.0973. The predicted molar refractivity (Wildman–Crippen MR) is 80.7 cm³/mol. The minimum Gasteiger partial charge on any atom is -0.304 e. The molecule has 0 spiro atoms. The number of hydrogen-bond donors (Lipinski definition) is 2. The number of amides is 1. The molecule has 0 saturated carbocycles. The van der Waals surface area contributed by atoms with E-state index in [1.54, 1.807) is 0 Å². The van der Waals surface area contributed by atoms with Crippen LogP contribution in [0.3, 0.4) is 0 Å². The van der Waals surface area contributed by atoms with Gasteiger partial charge in [0.25, 0.3) is 11.5 Å². The number of guanidine groups is 1. The smallest absolute Gasteiger partial charge is 0.304 e. The van der Waals surface area contributed by atoms with E-state index in [1.807, 2.05) is 6.92 Å². The van der Waals surface area contributed by atoms with Gasteiger partial charge in [-0.3, -0.25) is 24.5 Å². The van der Waals surface area contributed by atoms with Crippen molar-refractivity contribution in [1.82, 2.24) is 14.5 Å². The van der Waals surface area contributed by atoms with Crippen LogP contribution in [0, 0.1) is 0 Å². The standard InChI is InChI=1S/C12H19N7O3/c1-4-5-6-19-10(21)8(7-18(3)12(19)22)9(20)15-11(14-2)16-17-13/h7H,4-6H2,1-3H3,(H3,13,14,15,16,20). The largest absolute Gasteiger partial charge is 0.330 e. The molecule has 0 aliphatic heterocycles. The van der Waals surface area contributed by atoms with E-state index in [2.05, 4.69) is 20.6 Å². The molecule has 0 aliphatic rings. The quantitative estimate of drug-likeness (QED) is 0.252. The number of unbranched alkanes of at least 4 members (excludes halogenated alkanes) is 1. The maximum absolute atomic E-state index is 12.3. The number of nitrogens with one attached hydrogen (secondary N) is 1. The lowest BCUT2D eigenvalue weighted by atomic mass is 10.3. The topological polar surface area (TPSA) is 136 Å². The molecular formula is C12H19N7O3. The fraction of sp³-hybridized carbons (Fsp3) is 0.500. The van der Waals surface area contributed by atoms with Crippen molar-refractivity contribution >= 4 is 11.9 Å². The molecule has 1 aromatic rings. The first-order valence-corrected chi connectivity index (χ1v) is 6.65. The Labute approximate surface area is 126 Å². The highest BCUT2D eigenvalue weighted by molar-refractivity contribution is 6.05. The number of aryl methyl sites for hydroxylation is 1. The number of carbonyl (C=O) groups excluding carboxylic acids is 1. The molecule has 0 fully saturated rings. The number of carbonyl (C=O) groups is 1. The number of aliphatic imine (C=N–C) groups is 1. The van der Waals surface area contributed by atoms with Crippen LogP contribution in [0.25, 0.3) is 0 Å². The number of nitrogens with zero attached hydrogens (tertiary/aromatic N) is 5. The Kier molecular flexibility index (Phi) is 6.17. The summed E-state index contributed by atoms with van der Waals surface area (Å²) in [5.74, 6) is 4.01. The van der Waals surface area contributed by atoms with Crippen molar-refractivity contribution < 1.29 is 4.79 Å². The van der Waals surface area contributed by atoms with E-state index in [9.17, 15) is 14.4 Å². The Morgan fingerprint density at radius 2 is 2.09 bits per heavy atom. The number of rotatable bonds is 4. The zero-order valence-corrected chi connectivity index (χ0v) is 12.7. The minimum atomic E-state index is -0.737. The van der Waals surface area contributed by atoms with Gasteiger partial charge in [-0.1, -0.05) is 23.7 Å². The van der Waals surface area contributed by atoms with Gasteiger partial charge in [0.2, 0.25) is 5.96 Å². The maximum Gasteiger partial charge on any atom is 0.330 e. The van der Waals surface area contributed by atoms with Gasteiger partial charge in [-0.25, -0.2) is 4.79 Å². The zero-order chi connectivity index (χ0) is 16.7. The summed E-state index contributed by atoms with van der Waals surface area (Å²) in [5, 5.41) is 8.70. The van der Waals surface area contributed by atoms with Crippen LogP contribution in [0.15, 0.2) is 31.1 Å². The molecule has 0 bridgehead atoms. The van der Waals surface area contributed by atoms with Gasteiger partial charge >= 0.3 is 5.69 Å². The molecule has 22 heavy (non-hydrogen) atoms. The molecule has 1 rings (SSSR count). The molecule has 3 N–H and O–H groups in total. The maximum atomic E-state index is 12.3. The molecule has 0 radical (unpaired) electrons. The summed E-state index contributed by atoms with van der Waals surface area (Å²) in [6.45, 7) is 2.19. The molecule has 1 aromatic heterocycles. The van der Waals surface area contributed by atoms with Crippen LogP contribution in [-0.4, -0.2) is 28.0 Å². The van der Waals surface area contributed by atoms with E-state index >= 15 is 0 Å². The van der Waals surface area contributed by atoms with Crippen molar-refractivity contribution in [3.63, 3.8) is 0 Å². The van der Waals surface area contributed by atoms with Gasteiger partial charge in [-0.15, -0.1) is 0 Å². The van der Waals surface area contributed by atoms with Crippen LogP contribution in [0.4, 0.5) is 0 Å². The van der Waals surface area contributed by atoms with E-state index in [-0.39, 0.29) is 18.1 Å². The van der Waals surface area contributed by atoms with Gasteiger partial charge in [0, 0.05) is 26.8 Å². The Morgan fingerprint density at radius 3 is 2.64 bits per heavy atom. The molecule has 0 saturated heterocycles. The summed E-state index contributed by atoms with van der Waals surface area (Å²) >= 11 is 0. The Morgan fingerprint density at radius 1 is 1.41 bits per heavy atom. The SMILES string of the molecule is CCCCn1c(=O)c(C(=O)NC(=NC)/N=N\N)cn(C)c1=O. The van der Waals surface area contributed by atoms with Gasteiger partial charge in [-0.05, 0) is 6.42 Å². The Balaban J connectivity index is 3.25. The van der Waals surface area contributed by atoms with E-state index in [1.165, 1.54) is 24.9 Å². The lowest BCUT2D eigenvalue weighted by Gasteiger charge is -2.09. The van der Waals surface area contributed by atoms with Gasteiger partial charge in [0.15, 0.2) is 0 Å². The highest BCUT2D eigenvalue weighted by Crippen LogP contribution is 1.93. The Hall–Kier alpha value is -2.78. The molecule has 0 atom stereocenters. The summed E-state index contributed by atoms with van der Waals surface area (Å²) < 4.78 is 2.21. The average Bonchev–Trinajstić information content (AvgIpc) is 2.50. The summed E-state index contributed by atoms with van der Waals surface area (Å²) in [6.07, 6.45) is 2.65. The number of nitrogens with two attached hydrogens (primary N) is 1. The molecule has 0 aliphatic carbocycles. The number of hydrogen-bond acceptors (Lipinski definition) is 5. The highest BCUT2D eigenvalue weighted by atomic mass is 16.2. The third-order valence-electron chi connectivity index (χ3n) is 2.90. The molecule has 10 heteroatoms. The second kappa shape index (κ2) is 7.86. The third-order valence-corrected chi connectivity index (χ3v) is 2.90. The van der Waals surface area contributed by atoms with Crippen LogP contribution >= 0.6 is 0 Å². The van der Waals surface area contributed by atoms with Crippen LogP contribution in [0.1, 0.15) is 30.1 Å². The normalized spacial score (nSPS) is 11.9. The van der Waals surface area contributed by atoms with Crippen molar-refractivity contribution in [2.24, 2.45) is 28.2 Å². The van der Waals surface area contributed by atoms with Crippen molar-refractivity contribution in [2.75, 3.05) is 7.05 Å².